The largest absolute Gasteiger partial charge is 0.461 e. The van der Waals surface area contributed by atoms with Crippen molar-refractivity contribution in [3.8, 4) is 0 Å². The first-order valence-corrected chi connectivity index (χ1v) is 14.3. The molecule has 2 aliphatic heterocycles. The van der Waals surface area contributed by atoms with Crippen molar-refractivity contribution in [1.82, 2.24) is 0 Å². The Labute approximate surface area is 243 Å². The quantitative estimate of drug-likeness (QED) is 0.262. The zero-order chi connectivity index (χ0) is 31.2. The lowest BCUT2D eigenvalue weighted by molar-refractivity contribution is -0.440. The number of carbonyl (C=O) groups excluding carboxylic acids is 6. The van der Waals surface area contributed by atoms with Gasteiger partial charge in [0.1, 0.15) is 29.1 Å². The van der Waals surface area contributed by atoms with Gasteiger partial charge in [-0.1, -0.05) is 20.4 Å². The molecule has 2 spiro atoms. The van der Waals surface area contributed by atoms with Crippen molar-refractivity contribution in [2.45, 2.75) is 104 Å². The summed E-state index contributed by atoms with van der Waals surface area (Å²) in [5, 5.41) is 0. The molecule has 42 heavy (non-hydrogen) atoms. The van der Waals surface area contributed by atoms with E-state index in [1.54, 1.807) is 0 Å². The van der Waals surface area contributed by atoms with Crippen LogP contribution in [-0.2, 0) is 57.2 Å². The topological polar surface area (TPSA) is 158 Å². The first-order chi connectivity index (χ1) is 19.5. The van der Waals surface area contributed by atoms with Crippen molar-refractivity contribution in [2.75, 3.05) is 0 Å². The van der Waals surface area contributed by atoms with Crippen LogP contribution in [0.3, 0.4) is 0 Å². The fourth-order valence-electron chi connectivity index (χ4n) is 9.58. The highest BCUT2D eigenvalue weighted by Crippen LogP contribution is 2.80. The number of hydrogen-bond donors (Lipinski definition) is 0. The average molecular weight is 591 g/mol. The van der Waals surface area contributed by atoms with Crippen LogP contribution in [0.15, 0.2) is 12.2 Å². The van der Waals surface area contributed by atoms with Crippen molar-refractivity contribution in [1.29, 1.82) is 0 Å². The van der Waals surface area contributed by atoms with E-state index in [4.69, 9.17) is 28.4 Å². The summed E-state index contributed by atoms with van der Waals surface area (Å²) in [6.07, 6.45) is -3.48. The molecule has 0 amide bonds. The van der Waals surface area contributed by atoms with Gasteiger partial charge < -0.3 is 28.4 Å². The summed E-state index contributed by atoms with van der Waals surface area (Å²) in [4.78, 5) is 78.2. The molecule has 6 rings (SSSR count). The molecule has 10 atom stereocenters. The summed E-state index contributed by atoms with van der Waals surface area (Å²) in [6, 6.07) is 0. The van der Waals surface area contributed by atoms with E-state index in [-0.39, 0.29) is 6.42 Å². The standard InChI is InChI=1S/C30H38O12/c1-13-19-9-10-20-28-21(37-14(2)31)11-12-27(7,8)22(28)25(40-17(5)34)30(41-18(6)35,42-26(28)36)29(20,23(13)38-15(3)32)24(19)39-16(4)33/h19-25H,1,9-12H2,2-8H3/t19-,20-,21-,22+,23+,24?,25-,28-,29-,30+/m0/s1. The molecule has 4 bridgehead atoms. The Morgan fingerprint density at radius 3 is 1.90 bits per heavy atom. The number of rotatable bonds is 5. The molecule has 0 radical (unpaired) electrons. The molecule has 0 N–H and O–H groups in total. The minimum Gasteiger partial charge on any atom is -0.461 e. The van der Waals surface area contributed by atoms with Crippen LogP contribution in [0.1, 0.15) is 74.1 Å². The van der Waals surface area contributed by atoms with E-state index in [1.807, 2.05) is 13.8 Å². The third-order valence-electron chi connectivity index (χ3n) is 10.3. The van der Waals surface area contributed by atoms with Gasteiger partial charge in [-0.3, -0.25) is 28.8 Å². The highest BCUT2D eigenvalue weighted by Gasteiger charge is 2.94. The predicted octanol–water partition coefficient (Wildman–Crippen LogP) is 2.55. The maximum atomic E-state index is 14.6. The Kier molecular flexibility index (Phi) is 6.82. The lowest BCUT2D eigenvalue weighted by atomic mass is 9.35. The molecule has 0 aromatic rings. The van der Waals surface area contributed by atoms with E-state index in [0.29, 0.717) is 24.8 Å². The Morgan fingerprint density at radius 1 is 0.786 bits per heavy atom. The van der Waals surface area contributed by atoms with E-state index in [0.717, 1.165) is 6.92 Å². The van der Waals surface area contributed by atoms with Gasteiger partial charge >= 0.3 is 41.6 Å². The van der Waals surface area contributed by atoms with Crippen LogP contribution in [0, 0.1) is 34.0 Å². The first-order valence-electron chi connectivity index (χ1n) is 14.3. The molecule has 2 saturated heterocycles. The van der Waals surface area contributed by atoms with Crippen LogP contribution in [0.5, 0.6) is 0 Å². The van der Waals surface area contributed by atoms with Gasteiger partial charge in [-0.15, -0.1) is 0 Å². The van der Waals surface area contributed by atoms with Crippen molar-refractivity contribution >= 4 is 35.8 Å². The number of ether oxygens (including phenoxy) is 6. The molecule has 6 aliphatic rings. The fraction of sp³-hybridized carbons (Fsp3) is 0.733. The molecule has 2 heterocycles. The first kappa shape index (κ1) is 30.0. The van der Waals surface area contributed by atoms with E-state index in [9.17, 15) is 28.8 Å². The van der Waals surface area contributed by atoms with Gasteiger partial charge in [0, 0.05) is 46.5 Å². The fourth-order valence-corrected chi connectivity index (χ4v) is 9.58. The lowest BCUT2D eigenvalue weighted by Crippen LogP contribution is -2.88. The summed E-state index contributed by atoms with van der Waals surface area (Å²) in [5.74, 6) is -9.11. The lowest BCUT2D eigenvalue weighted by Gasteiger charge is -2.74. The normalized spacial score (nSPS) is 42.3. The smallest absolute Gasteiger partial charge is 0.320 e. The van der Waals surface area contributed by atoms with Gasteiger partial charge in [0.2, 0.25) is 0 Å². The molecule has 1 unspecified atom stereocenters. The van der Waals surface area contributed by atoms with E-state index < -0.39 is 100 Å². The van der Waals surface area contributed by atoms with E-state index in [2.05, 4.69) is 6.58 Å². The number of hydrogen-bond acceptors (Lipinski definition) is 12. The van der Waals surface area contributed by atoms with Crippen molar-refractivity contribution in [3.05, 3.63) is 12.2 Å². The van der Waals surface area contributed by atoms with Crippen LogP contribution in [-0.4, -0.2) is 66.0 Å². The highest BCUT2D eigenvalue weighted by atomic mass is 16.8. The zero-order valence-corrected chi connectivity index (χ0v) is 25.0. The zero-order valence-electron chi connectivity index (χ0n) is 25.0. The monoisotopic (exact) mass is 590 g/mol. The van der Waals surface area contributed by atoms with Crippen molar-refractivity contribution in [3.63, 3.8) is 0 Å². The third-order valence-corrected chi connectivity index (χ3v) is 10.3. The van der Waals surface area contributed by atoms with Crippen LogP contribution >= 0.6 is 0 Å². The summed E-state index contributed by atoms with van der Waals surface area (Å²) < 4.78 is 36.2. The van der Waals surface area contributed by atoms with Crippen LogP contribution < -0.4 is 0 Å². The minimum atomic E-state index is -2.38. The summed E-state index contributed by atoms with van der Waals surface area (Å²) in [7, 11) is 0. The summed E-state index contributed by atoms with van der Waals surface area (Å²) in [6.45, 7) is 14.0. The van der Waals surface area contributed by atoms with Gasteiger partial charge in [-0.05, 0) is 42.6 Å². The number of carbonyl (C=O) groups is 6. The van der Waals surface area contributed by atoms with Gasteiger partial charge in [0.05, 0.1) is 0 Å². The maximum absolute atomic E-state index is 14.6. The van der Waals surface area contributed by atoms with E-state index >= 15 is 0 Å². The SMILES string of the molecule is C=C1[C@@H](OC(C)=O)[C@]23C(OC(C)=O)[C@H]1CC[C@H]2[C@@]12C(=O)O[C@]3(OC(C)=O)[C@@H](OC(C)=O)[C@@H]1C(C)(C)CC[C@@H]2OC(C)=O. The maximum Gasteiger partial charge on any atom is 0.320 e. The number of esters is 6. The molecule has 6 fully saturated rings. The molecule has 4 aliphatic carbocycles. The van der Waals surface area contributed by atoms with Gasteiger partial charge in [-0.2, -0.15) is 0 Å². The van der Waals surface area contributed by atoms with Crippen LogP contribution in [0.2, 0.25) is 0 Å². The van der Waals surface area contributed by atoms with Crippen LogP contribution in [0.25, 0.3) is 0 Å². The second-order valence-corrected chi connectivity index (χ2v) is 13.0. The van der Waals surface area contributed by atoms with Crippen molar-refractivity contribution < 1.29 is 57.2 Å². The predicted molar refractivity (Wildman–Crippen MR) is 140 cm³/mol. The molecule has 4 saturated carbocycles. The Hall–Kier alpha value is -3.44. The second kappa shape index (κ2) is 9.54. The van der Waals surface area contributed by atoms with Gasteiger partial charge in [0.15, 0.2) is 6.10 Å². The molecule has 0 aromatic carbocycles. The van der Waals surface area contributed by atoms with Gasteiger partial charge in [-0.25, -0.2) is 0 Å². The highest BCUT2D eigenvalue weighted by molar-refractivity contribution is 5.85. The third kappa shape index (κ3) is 3.65. The number of fused-ring (bicyclic) bond motifs is 2. The van der Waals surface area contributed by atoms with Crippen molar-refractivity contribution in [2.24, 2.45) is 34.0 Å². The Bertz CT molecular complexity index is 1280. The average Bonchev–Trinajstić information content (AvgIpc) is 2.95. The van der Waals surface area contributed by atoms with Gasteiger partial charge in [0.25, 0.3) is 0 Å². The second-order valence-electron chi connectivity index (χ2n) is 13.0. The molecule has 12 nitrogen and oxygen atoms in total. The molecule has 230 valence electrons. The van der Waals surface area contributed by atoms with Crippen LogP contribution in [0.4, 0.5) is 0 Å². The Balaban J connectivity index is 1.95. The molecular formula is C30H38O12. The molecular weight excluding hydrogens is 552 g/mol. The molecule has 12 heteroatoms. The van der Waals surface area contributed by atoms with E-state index in [1.165, 1.54) is 27.7 Å². The minimum absolute atomic E-state index is 0.277. The summed E-state index contributed by atoms with van der Waals surface area (Å²) in [5.41, 5.74) is -3.78. The summed E-state index contributed by atoms with van der Waals surface area (Å²) >= 11 is 0. The Morgan fingerprint density at radius 2 is 1.36 bits per heavy atom. The molecule has 0 aromatic heterocycles.